The summed E-state index contributed by atoms with van der Waals surface area (Å²) in [5.41, 5.74) is 0.631. The van der Waals surface area contributed by atoms with Gasteiger partial charge in [0.1, 0.15) is 5.75 Å². The minimum atomic E-state index is -3.48. The normalized spacial score (nSPS) is 11.1. The molecule has 0 radical (unpaired) electrons. The first-order chi connectivity index (χ1) is 8.90. The van der Waals surface area contributed by atoms with E-state index in [2.05, 4.69) is 4.18 Å². The van der Waals surface area contributed by atoms with Crippen molar-refractivity contribution in [2.75, 3.05) is 19.5 Å². The van der Waals surface area contributed by atoms with Crippen LogP contribution in [0.4, 0.5) is 0 Å². The molecule has 0 bridgehead atoms. The lowest BCUT2D eigenvalue weighted by Gasteiger charge is -2.07. The first-order valence-corrected chi connectivity index (χ1v) is 7.44. The number of hydrogen-bond acceptors (Lipinski definition) is 6. The topological polar surface area (TPSA) is 78.9 Å². The van der Waals surface area contributed by atoms with Crippen LogP contribution in [0.2, 0.25) is 0 Å². The highest BCUT2D eigenvalue weighted by Crippen LogP contribution is 2.14. The molecule has 106 valence electrons. The number of carbonyl (C=O) groups is 1. The van der Waals surface area contributed by atoms with Crippen LogP contribution >= 0.6 is 0 Å². The number of ether oxygens (including phenoxy) is 2. The fraction of sp³-hybridized carbons (Fsp3) is 0.417. The second-order valence-corrected chi connectivity index (χ2v) is 5.35. The van der Waals surface area contributed by atoms with Gasteiger partial charge in [0, 0.05) is 0 Å². The van der Waals surface area contributed by atoms with Crippen molar-refractivity contribution in [3.63, 3.8) is 0 Å². The second kappa shape index (κ2) is 7.10. The van der Waals surface area contributed by atoms with Gasteiger partial charge < -0.3 is 9.47 Å². The standard InChI is InChI=1S/C12H16O6S/c1-3-16-12(13)9-17-11-6-4-5-10(7-11)8-18-19(2,14)15/h4-7H,3,8-9H2,1-2H3. The largest absolute Gasteiger partial charge is 0.482 e. The molecule has 0 saturated carbocycles. The molecule has 0 aliphatic carbocycles. The number of benzene rings is 1. The van der Waals surface area contributed by atoms with E-state index in [1.54, 1.807) is 31.2 Å². The molecule has 0 aliphatic heterocycles. The number of carbonyl (C=O) groups excluding carboxylic acids is 1. The van der Waals surface area contributed by atoms with Crippen molar-refractivity contribution >= 4 is 16.1 Å². The zero-order valence-corrected chi connectivity index (χ0v) is 11.6. The summed E-state index contributed by atoms with van der Waals surface area (Å²) in [7, 11) is -3.48. The summed E-state index contributed by atoms with van der Waals surface area (Å²) in [6.45, 7) is 1.74. The SMILES string of the molecule is CCOC(=O)COc1cccc(COS(C)(=O)=O)c1. The Morgan fingerprint density at radius 3 is 2.68 bits per heavy atom. The van der Waals surface area contributed by atoms with Crippen molar-refractivity contribution in [3.05, 3.63) is 29.8 Å². The third-order valence-corrected chi connectivity index (χ3v) is 2.55. The minimum absolute atomic E-state index is 0.0740. The maximum Gasteiger partial charge on any atom is 0.344 e. The summed E-state index contributed by atoms with van der Waals surface area (Å²) in [6.07, 6.45) is 0.980. The van der Waals surface area contributed by atoms with Gasteiger partial charge in [-0.1, -0.05) is 12.1 Å². The van der Waals surface area contributed by atoms with Gasteiger partial charge in [0.25, 0.3) is 10.1 Å². The average molecular weight is 288 g/mol. The predicted octanol–water partition coefficient (Wildman–Crippen LogP) is 1.10. The molecule has 1 rings (SSSR count). The first-order valence-electron chi connectivity index (χ1n) is 5.62. The molecule has 0 aromatic heterocycles. The smallest absolute Gasteiger partial charge is 0.344 e. The highest BCUT2D eigenvalue weighted by atomic mass is 32.2. The van der Waals surface area contributed by atoms with Crippen molar-refractivity contribution in [2.24, 2.45) is 0 Å². The van der Waals surface area contributed by atoms with Crippen LogP contribution in [0.25, 0.3) is 0 Å². The molecule has 7 heteroatoms. The molecule has 0 spiro atoms. The van der Waals surface area contributed by atoms with Crippen LogP contribution in [-0.4, -0.2) is 33.9 Å². The Balaban J connectivity index is 2.54. The third-order valence-electron chi connectivity index (χ3n) is 2.00. The van der Waals surface area contributed by atoms with Gasteiger partial charge in [0.2, 0.25) is 0 Å². The van der Waals surface area contributed by atoms with Crippen molar-refractivity contribution in [3.8, 4) is 5.75 Å². The molecule has 0 N–H and O–H groups in total. The molecule has 0 unspecified atom stereocenters. The van der Waals surface area contributed by atoms with Crippen LogP contribution in [0.1, 0.15) is 12.5 Å². The van der Waals surface area contributed by atoms with Crippen LogP contribution in [0.3, 0.4) is 0 Å². The summed E-state index contributed by atoms with van der Waals surface area (Å²) in [5, 5.41) is 0. The summed E-state index contributed by atoms with van der Waals surface area (Å²) in [5.74, 6) is -0.0112. The molecule has 0 amide bonds. The summed E-state index contributed by atoms with van der Waals surface area (Å²) in [6, 6.07) is 6.64. The molecular weight excluding hydrogens is 272 g/mol. The first kappa shape index (κ1) is 15.5. The van der Waals surface area contributed by atoms with Gasteiger partial charge in [-0.3, -0.25) is 4.18 Å². The highest BCUT2D eigenvalue weighted by Gasteiger charge is 2.06. The predicted molar refractivity (Wildman–Crippen MR) is 68.2 cm³/mol. The van der Waals surface area contributed by atoms with Crippen LogP contribution in [0, 0.1) is 0 Å². The Labute approximate surface area is 112 Å². The Hall–Kier alpha value is -1.60. The Bertz CT molecular complexity index is 523. The lowest BCUT2D eigenvalue weighted by molar-refractivity contribution is -0.145. The van der Waals surface area contributed by atoms with Gasteiger partial charge in [-0.2, -0.15) is 8.42 Å². The zero-order chi connectivity index (χ0) is 14.3. The summed E-state index contributed by atoms with van der Waals surface area (Å²) < 4.78 is 36.3. The average Bonchev–Trinajstić information content (AvgIpc) is 2.34. The monoisotopic (exact) mass is 288 g/mol. The summed E-state index contributed by atoms with van der Waals surface area (Å²) >= 11 is 0. The Morgan fingerprint density at radius 2 is 2.05 bits per heavy atom. The molecule has 0 saturated heterocycles. The van der Waals surface area contributed by atoms with E-state index in [-0.39, 0.29) is 13.2 Å². The van der Waals surface area contributed by atoms with Crippen LogP contribution < -0.4 is 4.74 Å². The van der Waals surface area contributed by atoms with Crippen molar-refractivity contribution in [2.45, 2.75) is 13.5 Å². The lowest BCUT2D eigenvalue weighted by atomic mass is 10.2. The van der Waals surface area contributed by atoms with E-state index in [0.29, 0.717) is 17.9 Å². The number of rotatable bonds is 7. The van der Waals surface area contributed by atoms with E-state index >= 15 is 0 Å². The van der Waals surface area contributed by atoms with Crippen molar-refractivity contribution in [1.29, 1.82) is 0 Å². The van der Waals surface area contributed by atoms with E-state index in [4.69, 9.17) is 9.47 Å². The maximum atomic E-state index is 11.1. The van der Waals surface area contributed by atoms with E-state index in [1.807, 2.05) is 0 Å². The van der Waals surface area contributed by atoms with Gasteiger partial charge in [-0.25, -0.2) is 4.79 Å². The molecule has 0 aliphatic rings. The third kappa shape index (κ3) is 6.78. The fourth-order valence-electron chi connectivity index (χ4n) is 1.25. The van der Waals surface area contributed by atoms with Crippen molar-refractivity contribution < 1.29 is 26.9 Å². The maximum absolute atomic E-state index is 11.1. The van der Waals surface area contributed by atoms with Crippen LogP contribution in [0.5, 0.6) is 5.75 Å². The Kier molecular flexibility index (Phi) is 5.78. The molecular formula is C12H16O6S. The van der Waals surface area contributed by atoms with Gasteiger partial charge in [0.15, 0.2) is 6.61 Å². The molecule has 19 heavy (non-hydrogen) atoms. The van der Waals surface area contributed by atoms with Gasteiger partial charge in [-0.05, 0) is 24.6 Å². The van der Waals surface area contributed by atoms with Crippen LogP contribution in [0.15, 0.2) is 24.3 Å². The number of hydrogen-bond donors (Lipinski definition) is 0. The molecule has 1 aromatic rings. The molecule has 6 nitrogen and oxygen atoms in total. The highest BCUT2D eigenvalue weighted by molar-refractivity contribution is 7.85. The van der Waals surface area contributed by atoms with Crippen LogP contribution in [-0.2, 0) is 30.4 Å². The lowest BCUT2D eigenvalue weighted by Crippen LogP contribution is -2.14. The van der Waals surface area contributed by atoms with E-state index in [9.17, 15) is 13.2 Å². The van der Waals surface area contributed by atoms with Gasteiger partial charge in [-0.15, -0.1) is 0 Å². The Morgan fingerprint density at radius 1 is 1.32 bits per heavy atom. The fourth-order valence-corrected chi connectivity index (χ4v) is 1.60. The molecule has 0 heterocycles. The minimum Gasteiger partial charge on any atom is -0.482 e. The van der Waals surface area contributed by atoms with Gasteiger partial charge >= 0.3 is 5.97 Å². The zero-order valence-electron chi connectivity index (χ0n) is 10.8. The van der Waals surface area contributed by atoms with Crippen molar-refractivity contribution in [1.82, 2.24) is 0 Å². The van der Waals surface area contributed by atoms with E-state index in [1.165, 1.54) is 0 Å². The summed E-state index contributed by atoms with van der Waals surface area (Å²) in [4.78, 5) is 11.1. The molecule has 0 fully saturated rings. The second-order valence-electron chi connectivity index (χ2n) is 3.71. The molecule has 1 aromatic carbocycles. The quantitative estimate of drug-likeness (QED) is 0.552. The van der Waals surface area contributed by atoms with Gasteiger partial charge in [0.05, 0.1) is 19.5 Å². The number of esters is 1. The van der Waals surface area contributed by atoms with E-state index in [0.717, 1.165) is 6.26 Å². The van der Waals surface area contributed by atoms with E-state index < -0.39 is 16.1 Å². The molecule has 0 atom stereocenters.